The number of benzene rings is 2. The molecule has 0 unspecified atom stereocenters. The van der Waals surface area contributed by atoms with Gasteiger partial charge < -0.3 is 10.3 Å². The highest BCUT2D eigenvalue weighted by Gasteiger charge is 2.13. The molecule has 0 aliphatic heterocycles. The number of aryl methyl sites for hydroxylation is 1. The van der Waals surface area contributed by atoms with Crippen LogP contribution < -0.4 is 5.32 Å². The molecule has 3 nitrogen and oxygen atoms in total. The van der Waals surface area contributed by atoms with Crippen molar-refractivity contribution in [1.82, 2.24) is 4.98 Å². The summed E-state index contributed by atoms with van der Waals surface area (Å²) in [5, 5.41) is 3.98. The van der Waals surface area contributed by atoms with Crippen molar-refractivity contribution >= 4 is 22.5 Å². The van der Waals surface area contributed by atoms with Crippen LogP contribution in [0.1, 0.15) is 29.3 Å². The molecule has 0 saturated carbocycles. The Morgan fingerprint density at radius 1 is 1.10 bits per heavy atom. The first-order valence-electron chi connectivity index (χ1n) is 7.25. The van der Waals surface area contributed by atoms with E-state index >= 15 is 0 Å². The second-order valence-electron chi connectivity index (χ2n) is 5.11. The van der Waals surface area contributed by atoms with Crippen LogP contribution in [0.5, 0.6) is 0 Å². The van der Waals surface area contributed by atoms with Gasteiger partial charge in [0.25, 0.3) is 5.91 Å². The molecule has 0 spiro atoms. The summed E-state index contributed by atoms with van der Waals surface area (Å²) in [6, 6.07) is 15.8. The van der Waals surface area contributed by atoms with Crippen molar-refractivity contribution < 1.29 is 4.79 Å². The van der Waals surface area contributed by atoms with Crippen LogP contribution in [-0.2, 0) is 6.42 Å². The van der Waals surface area contributed by atoms with E-state index in [0.29, 0.717) is 5.56 Å². The molecule has 0 radical (unpaired) electrons. The largest absolute Gasteiger partial charge is 0.360 e. The highest BCUT2D eigenvalue weighted by molar-refractivity contribution is 6.12. The van der Waals surface area contributed by atoms with Gasteiger partial charge in [0.15, 0.2) is 0 Å². The van der Waals surface area contributed by atoms with E-state index in [9.17, 15) is 4.79 Å². The van der Waals surface area contributed by atoms with E-state index < -0.39 is 0 Å². The summed E-state index contributed by atoms with van der Waals surface area (Å²) in [6.45, 7) is 2.14. The van der Waals surface area contributed by atoms with Crippen molar-refractivity contribution in [3.05, 3.63) is 65.9 Å². The van der Waals surface area contributed by atoms with E-state index in [1.165, 1.54) is 5.56 Å². The number of carbonyl (C=O) groups excluding carboxylic acids is 1. The summed E-state index contributed by atoms with van der Waals surface area (Å²) in [5.41, 5.74) is 3.73. The lowest BCUT2D eigenvalue weighted by atomic mass is 10.1. The Kier molecular flexibility index (Phi) is 3.73. The van der Waals surface area contributed by atoms with Crippen LogP contribution >= 0.6 is 0 Å². The standard InChI is InChI=1S/C18H18N2O/c1-2-7-13-8-3-5-10-16(13)20-18(21)15-12-19-17-11-6-4-9-14(15)17/h3-6,8-12,19H,2,7H2,1H3,(H,20,21). The second kappa shape index (κ2) is 5.83. The topological polar surface area (TPSA) is 44.9 Å². The third-order valence-corrected chi connectivity index (χ3v) is 3.62. The van der Waals surface area contributed by atoms with Crippen LogP contribution in [0.4, 0.5) is 5.69 Å². The number of hydrogen-bond acceptors (Lipinski definition) is 1. The molecule has 106 valence electrons. The molecule has 3 rings (SSSR count). The van der Waals surface area contributed by atoms with Crippen LogP contribution in [0.25, 0.3) is 10.9 Å². The minimum Gasteiger partial charge on any atom is -0.360 e. The molecule has 0 saturated heterocycles. The molecule has 3 aromatic rings. The van der Waals surface area contributed by atoms with Crippen molar-refractivity contribution in [1.29, 1.82) is 0 Å². The number of aromatic amines is 1. The molecule has 2 aromatic carbocycles. The number of fused-ring (bicyclic) bond motifs is 1. The molecular weight excluding hydrogens is 260 g/mol. The van der Waals surface area contributed by atoms with Crippen LogP contribution in [0.3, 0.4) is 0 Å². The van der Waals surface area contributed by atoms with Gasteiger partial charge in [-0.15, -0.1) is 0 Å². The molecule has 1 aromatic heterocycles. The van der Waals surface area contributed by atoms with Gasteiger partial charge in [-0.05, 0) is 24.1 Å². The zero-order valence-corrected chi connectivity index (χ0v) is 12.0. The van der Waals surface area contributed by atoms with Gasteiger partial charge in [-0.3, -0.25) is 4.79 Å². The molecular formula is C18H18N2O. The Labute approximate surface area is 124 Å². The van der Waals surface area contributed by atoms with Crippen LogP contribution in [-0.4, -0.2) is 10.9 Å². The summed E-state index contributed by atoms with van der Waals surface area (Å²) in [4.78, 5) is 15.6. The van der Waals surface area contributed by atoms with E-state index in [1.807, 2.05) is 42.5 Å². The lowest BCUT2D eigenvalue weighted by Crippen LogP contribution is -2.12. The molecule has 3 heteroatoms. The van der Waals surface area contributed by atoms with Crippen molar-refractivity contribution in [3.8, 4) is 0 Å². The summed E-state index contributed by atoms with van der Waals surface area (Å²) >= 11 is 0. The molecule has 0 aliphatic rings. The van der Waals surface area contributed by atoms with Crippen molar-refractivity contribution in [2.45, 2.75) is 19.8 Å². The zero-order valence-electron chi connectivity index (χ0n) is 12.0. The summed E-state index contributed by atoms with van der Waals surface area (Å²) in [5.74, 6) is -0.0731. The fourth-order valence-corrected chi connectivity index (χ4v) is 2.58. The SMILES string of the molecule is CCCc1ccccc1NC(=O)c1c[nH]c2ccccc12. The quantitative estimate of drug-likeness (QED) is 0.731. The van der Waals surface area contributed by atoms with Gasteiger partial charge in [0.05, 0.1) is 5.56 Å². The number of rotatable bonds is 4. The van der Waals surface area contributed by atoms with Crippen LogP contribution in [0.15, 0.2) is 54.7 Å². The number of amides is 1. The monoisotopic (exact) mass is 278 g/mol. The number of nitrogens with one attached hydrogen (secondary N) is 2. The molecule has 2 N–H and O–H groups in total. The zero-order chi connectivity index (χ0) is 14.7. The Hall–Kier alpha value is -2.55. The molecule has 0 fully saturated rings. The number of hydrogen-bond donors (Lipinski definition) is 2. The van der Waals surface area contributed by atoms with Gasteiger partial charge in [-0.1, -0.05) is 49.7 Å². The first kappa shape index (κ1) is 13.4. The molecule has 21 heavy (non-hydrogen) atoms. The number of aromatic nitrogens is 1. The normalized spacial score (nSPS) is 10.7. The molecule has 0 aliphatic carbocycles. The van der Waals surface area contributed by atoms with Crippen molar-refractivity contribution in [2.24, 2.45) is 0 Å². The molecule has 0 atom stereocenters. The first-order valence-corrected chi connectivity index (χ1v) is 7.25. The highest BCUT2D eigenvalue weighted by atomic mass is 16.1. The predicted molar refractivity (Wildman–Crippen MR) is 86.7 cm³/mol. The maximum atomic E-state index is 12.5. The van der Waals surface area contributed by atoms with E-state index in [-0.39, 0.29) is 5.91 Å². The van der Waals surface area contributed by atoms with Crippen molar-refractivity contribution in [3.63, 3.8) is 0 Å². The Morgan fingerprint density at radius 3 is 2.71 bits per heavy atom. The maximum Gasteiger partial charge on any atom is 0.257 e. The van der Waals surface area contributed by atoms with E-state index in [0.717, 1.165) is 29.4 Å². The van der Waals surface area contributed by atoms with Crippen molar-refractivity contribution in [2.75, 3.05) is 5.32 Å². The molecule has 1 amide bonds. The van der Waals surface area contributed by atoms with Gasteiger partial charge in [0.1, 0.15) is 0 Å². The number of para-hydroxylation sites is 2. The number of carbonyl (C=O) groups is 1. The summed E-state index contributed by atoms with van der Waals surface area (Å²) in [7, 11) is 0. The smallest absolute Gasteiger partial charge is 0.257 e. The lowest BCUT2D eigenvalue weighted by Gasteiger charge is -2.10. The second-order valence-corrected chi connectivity index (χ2v) is 5.11. The Morgan fingerprint density at radius 2 is 1.86 bits per heavy atom. The predicted octanol–water partition coefficient (Wildman–Crippen LogP) is 4.37. The fourth-order valence-electron chi connectivity index (χ4n) is 2.58. The first-order chi connectivity index (χ1) is 10.3. The summed E-state index contributed by atoms with van der Waals surface area (Å²) < 4.78 is 0. The fraction of sp³-hybridized carbons (Fsp3) is 0.167. The maximum absolute atomic E-state index is 12.5. The minimum atomic E-state index is -0.0731. The van der Waals surface area contributed by atoms with E-state index in [2.05, 4.69) is 23.3 Å². The summed E-state index contributed by atoms with van der Waals surface area (Å²) in [6.07, 6.45) is 3.78. The molecule has 1 heterocycles. The lowest BCUT2D eigenvalue weighted by molar-refractivity contribution is 0.102. The third kappa shape index (κ3) is 2.68. The third-order valence-electron chi connectivity index (χ3n) is 3.62. The number of H-pyrrole nitrogens is 1. The Balaban J connectivity index is 1.90. The van der Waals surface area contributed by atoms with Gasteiger partial charge in [0, 0.05) is 22.8 Å². The average molecular weight is 278 g/mol. The minimum absolute atomic E-state index is 0.0731. The van der Waals surface area contributed by atoms with Gasteiger partial charge in [-0.2, -0.15) is 0 Å². The van der Waals surface area contributed by atoms with Gasteiger partial charge in [0.2, 0.25) is 0 Å². The van der Waals surface area contributed by atoms with Gasteiger partial charge >= 0.3 is 0 Å². The van der Waals surface area contributed by atoms with Crippen LogP contribution in [0.2, 0.25) is 0 Å². The average Bonchev–Trinajstić information content (AvgIpc) is 2.93. The van der Waals surface area contributed by atoms with Gasteiger partial charge in [-0.25, -0.2) is 0 Å². The Bertz CT molecular complexity index is 773. The van der Waals surface area contributed by atoms with Crippen LogP contribution in [0, 0.1) is 0 Å². The molecule has 0 bridgehead atoms. The highest BCUT2D eigenvalue weighted by Crippen LogP contribution is 2.21. The number of anilines is 1. The van der Waals surface area contributed by atoms with E-state index in [1.54, 1.807) is 6.20 Å². The van der Waals surface area contributed by atoms with E-state index in [4.69, 9.17) is 0 Å².